The van der Waals surface area contributed by atoms with E-state index >= 15 is 0 Å². The molecule has 0 radical (unpaired) electrons. The standard InChI is InChI=1S/C26H29F2N7O/c1-15(2)35-16(3)31-25-20(27)9-18(10-22(25)35)24-21(28)12-30-26(33-24)32-23-7-6-17(11-29-23)13-34-8-4-5-19(34)14-36/h6-7,9-12,15,19,36H,4-5,8,13-14H2,1-3H3,(H,29,30,32,33)/t19-/m1/s1. The van der Waals surface area contributed by atoms with Crippen LogP contribution in [-0.4, -0.2) is 53.7 Å². The molecular weight excluding hydrogens is 464 g/mol. The van der Waals surface area contributed by atoms with E-state index in [-0.39, 0.29) is 35.8 Å². The van der Waals surface area contributed by atoms with Gasteiger partial charge < -0.3 is 15.0 Å². The topological polar surface area (TPSA) is 92.0 Å². The first-order valence-electron chi connectivity index (χ1n) is 12.1. The van der Waals surface area contributed by atoms with Crippen LogP contribution in [0.15, 0.2) is 36.7 Å². The van der Waals surface area contributed by atoms with Gasteiger partial charge in [0.1, 0.15) is 22.9 Å². The maximum absolute atomic E-state index is 14.9. The number of aryl methyl sites for hydroxylation is 1. The predicted molar refractivity (Wildman–Crippen MR) is 134 cm³/mol. The van der Waals surface area contributed by atoms with Crippen molar-refractivity contribution in [2.24, 2.45) is 0 Å². The molecule has 5 rings (SSSR count). The first-order valence-corrected chi connectivity index (χ1v) is 12.1. The summed E-state index contributed by atoms with van der Waals surface area (Å²) in [5, 5.41) is 12.5. The van der Waals surface area contributed by atoms with Crippen molar-refractivity contribution in [3.63, 3.8) is 0 Å². The van der Waals surface area contributed by atoms with E-state index in [1.54, 1.807) is 18.3 Å². The Balaban J connectivity index is 1.39. The summed E-state index contributed by atoms with van der Waals surface area (Å²) in [7, 11) is 0. The molecule has 0 spiro atoms. The fourth-order valence-corrected chi connectivity index (χ4v) is 4.94. The summed E-state index contributed by atoms with van der Waals surface area (Å²) in [6.45, 7) is 7.63. The number of halogens is 2. The molecule has 10 heteroatoms. The summed E-state index contributed by atoms with van der Waals surface area (Å²) in [4.78, 5) is 19.4. The number of anilines is 2. The third kappa shape index (κ3) is 4.66. The number of hydrogen-bond donors (Lipinski definition) is 2. The third-order valence-electron chi connectivity index (χ3n) is 6.62. The number of aliphatic hydroxyl groups excluding tert-OH is 1. The average molecular weight is 494 g/mol. The number of rotatable bonds is 7. The van der Waals surface area contributed by atoms with E-state index in [1.165, 1.54) is 6.07 Å². The van der Waals surface area contributed by atoms with E-state index in [0.717, 1.165) is 37.7 Å². The molecule has 0 saturated carbocycles. The zero-order valence-electron chi connectivity index (χ0n) is 20.5. The largest absolute Gasteiger partial charge is 0.395 e. The van der Waals surface area contributed by atoms with Crippen molar-refractivity contribution in [2.75, 3.05) is 18.5 Å². The van der Waals surface area contributed by atoms with Gasteiger partial charge in [0.25, 0.3) is 0 Å². The summed E-state index contributed by atoms with van der Waals surface area (Å²) in [6, 6.07) is 6.97. The van der Waals surface area contributed by atoms with Crippen LogP contribution >= 0.6 is 0 Å². The van der Waals surface area contributed by atoms with Gasteiger partial charge in [-0.2, -0.15) is 0 Å². The van der Waals surface area contributed by atoms with Crippen molar-refractivity contribution in [3.8, 4) is 11.3 Å². The average Bonchev–Trinajstić information content (AvgIpc) is 3.44. The van der Waals surface area contributed by atoms with Crippen LogP contribution in [0.5, 0.6) is 0 Å². The zero-order chi connectivity index (χ0) is 25.4. The Morgan fingerprint density at radius 1 is 1.11 bits per heavy atom. The molecule has 36 heavy (non-hydrogen) atoms. The highest BCUT2D eigenvalue weighted by Crippen LogP contribution is 2.30. The van der Waals surface area contributed by atoms with E-state index in [4.69, 9.17) is 0 Å². The van der Waals surface area contributed by atoms with Crippen molar-refractivity contribution in [1.29, 1.82) is 0 Å². The fraction of sp³-hybridized carbons (Fsp3) is 0.385. The summed E-state index contributed by atoms with van der Waals surface area (Å²) in [6.07, 6.45) is 4.91. The monoisotopic (exact) mass is 493 g/mol. The maximum Gasteiger partial charge on any atom is 0.229 e. The van der Waals surface area contributed by atoms with Crippen molar-refractivity contribution in [1.82, 2.24) is 29.4 Å². The quantitative estimate of drug-likeness (QED) is 0.384. The molecule has 0 bridgehead atoms. The Morgan fingerprint density at radius 2 is 1.94 bits per heavy atom. The Kier molecular flexibility index (Phi) is 6.63. The number of pyridine rings is 1. The van der Waals surface area contributed by atoms with Crippen molar-refractivity contribution in [3.05, 3.63) is 59.7 Å². The number of likely N-dealkylation sites (tertiary alicyclic amines) is 1. The molecule has 4 heterocycles. The minimum absolute atomic E-state index is 0.0110. The van der Waals surface area contributed by atoms with Gasteiger partial charge in [0.05, 0.1) is 18.3 Å². The highest BCUT2D eigenvalue weighted by atomic mass is 19.1. The zero-order valence-corrected chi connectivity index (χ0v) is 20.5. The minimum atomic E-state index is -0.654. The van der Waals surface area contributed by atoms with E-state index in [1.807, 2.05) is 31.4 Å². The Labute approximate surface area is 208 Å². The highest BCUT2D eigenvalue weighted by Gasteiger charge is 2.23. The van der Waals surface area contributed by atoms with Gasteiger partial charge in [0, 0.05) is 30.4 Å². The van der Waals surface area contributed by atoms with Crippen molar-refractivity contribution >= 4 is 22.8 Å². The van der Waals surface area contributed by atoms with Crippen LogP contribution in [0.1, 0.15) is 44.1 Å². The molecule has 0 amide bonds. The van der Waals surface area contributed by atoms with Crippen LogP contribution in [-0.2, 0) is 6.54 Å². The number of fused-ring (bicyclic) bond motifs is 1. The Hall–Kier alpha value is -3.50. The van der Waals surface area contributed by atoms with Crippen LogP contribution in [0.4, 0.5) is 20.5 Å². The van der Waals surface area contributed by atoms with Crippen LogP contribution in [0, 0.1) is 18.6 Å². The molecule has 1 aliphatic rings. The Bertz CT molecular complexity index is 1390. The molecule has 1 saturated heterocycles. The van der Waals surface area contributed by atoms with Crippen LogP contribution < -0.4 is 5.32 Å². The van der Waals surface area contributed by atoms with Gasteiger partial charge in [-0.1, -0.05) is 6.07 Å². The number of imidazole rings is 1. The first kappa shape index (κ1) is 24.2. The lowest BCUT2D eigenvalue weighted by Gasteiger charge is -2.22. The van der Waals surface area contributed by atoms with Crippen molar-refractivity contribution < 1.29 is 13.9 Å². The second-order valence-corrected chi connectivity index (χ2v) is 9.46. The molecule has 1 aromatic carbocycles. The number of hydrogen-bond acceptors (Lipinski definition) is 7. The highest BCUT2D eigenvalue weighted by molar-refractivity contribution is 5.83. The van der Waals surface area contributed by atoms with E-state index in [0.29, 0.717) is 22.7 Å². The molecule has 4 aromatic rings. The number of nitrogens with zero attached hydrogens (tertiary/aromatic N) is 6. The predicted octanol–water partition coefficient (Wildman–Crippen LogP) is 4.76. The normalized spacial score (nSPS) is 16.4. The lowest BCUT2D eigenvalue weighted by atomic mass is 10.1. The van der Waals surface area contributed by atoms with E-state index in [9.17, 15) is 13.9 Å². The molecule has 188 valence electrons. The lowest BCUT2D eigenvalue weighted by Crippen LogP contribution is -2.31. The summed E-state index contributed by atoms with van der Waals surface area (Å²) < 4.78 is 31.6. The van der Waals surface area contributed by atoms with E-state index < -0.39 is 11.6 Å². The molecule has 3 aromatic heterocycles. The van der Waals surface area contributed by atoms with Crippen LogP contribution in [0.2, 0.25) is 0 Å². The molecule has 1 atom stereocenters. The SMILES string of the molecule is Cc1nc2c(F)cc(-c3nc(Nc4ccc(CN5CCC[C@@H]5CO)cn4)ncc3F)cc2n1C(C)C. The number of benzene rings is 1. The third-order valence-corrected chi connectivity index (χ3v) is 6.62. The number of nitrogens with one attached hydrogen (secondary N) is 1. The summed E-state index contributed by atoms with van der Waals surface area (Å²) >= 11 is 0. The molecule has 1 aliphatic heterocycles. The summed E-state index contributed by atoms with van der Waals surface area (Å²) in [5.41, 5.74) is 2.16. The molecule has 8 nitrogen and oxygen atoms in total. The van der Waals surface area contributed by atoms with E-state index in [2.05, 4.69) is 30.2 Å². The van der Waals surface area contributed by atoms with Crippen molar-refractivity contribution in [2.45, 2.75) is 52.2 Å². The van der Waals surface area contributed by atoms with Gasteiger partial charge in [-0.15, -0.1) is 0 Å². The second-order valence-electron chi connectivity index (χ2n) is 9.46. The first-order chi connectivity index (χ1) is 17.3. The Morgan fingerprint density at radius 3 is 2.67 bits per heavy atom. The fourth-order valence-electron chi connectivity index (χ4n) is 4.94. The van der Waals surface area contributed by atoms with Crippen LogP contribution in [0.3, 0.4) is 0 Å². The van der Waals surface area contributed by atoms with Crippen LogP contribution in [0.25, 0.3) is 22.3 Å². The summed E-state index contributed by atoms with van der Waals surface area (Å²) in [5.74, 6) is 0.162. The molecule has 1 fully saturated rings. The van der Waals surface area contributed by atoms with Gasteiger partial charge in [-0.25, -0.2) is 28.7 Å². The second kappa shape index (κ2) is 9.87. The van der Waals surface area contributed by atoms with Gasteiger partial charge in [0.2, 0.25) is 5.95 Å². The number of aliphatic hydroxyl groups is 1. The van der Waals surface area contributed by atoms with Gasteiger partial charge in [-0.3, -0.25) is 4.90 Å². The smallest absolute Gasteiger partial charge is 0.229 e. The maximum atomic E-state index is 14.9. The molecule has 0 aliphatic carbocycles. The molecular formula is C26H29F2N7O. The number of aromatic nitrogens is 5. The molecule has 2 N–H and O–H groups in total. The molecule has 0 unspecified atom stereocenters. The van der Waals surface area contributed by atoms with Gasteiger partial charge in [-0.05, 0) is 63.9 Å². The lowest BCUT2D eigenvalue weighted by molar-refractivity contribution is 0.153. The van der Waals surface area contributed by atoms with Gasteiger partial charge in [0.15, 0.2) is 11.6 Å². The van der Waals surface area contributed by atoms with Gasteiger partial charge >= 0.3 is 0 Å². The minimum Gasteiger partial charge on any atom is -0.395 e.